The van der Waals surface area contributed by atoms with Gasteiger partial charge in [0, 0.05) is 30.0 Å². The van der Waals surface area contributed by atoms with Crippen molar-refractivity contribution in [1.82, 2.24) is 5.32 Å². The summed E-state index contributed by atoms with van der Waals surface area (Å²) >= 11 is 0. The summed E-state index contributed by atoms with van der Waals surface area (Å²) in [6.45, 7) is 6.59. The number of methoxy groups -OCH3 is 1. The van der Waals surface area contributed by atoms with Crippen molar-refractivity contribution in [3.63, 3.8) is 0 Å². The molecule has 1 N–H and O–H groups in total. The topological polar surface area (TPSA) is 64.6 Å². The van der Waals surface area contributed by atoms with E-state index in [1.807, 2.05) is 12.1 Å². The van der Waals surface area contributed by atoms with Crippen LogP contribution in [0.15, 0.2) is 18.2 Å². The smallest absolute Gasteiger partial charge is 0.153 e. The summed E-state index contributed by atoms with van der Waals surface area (Å²) in [5.74, 6) is 1.51. The first kappa shape index (κ1) is 17.8. The summed E-state index contributed by atoms with van der Waals surface area (Å²) < 4.78 is 33.8. The van der Waals surface area contributed by atoms with Crippen LogP contribution in [0.25, 0.3) is 0 Å². The monoisotopic (exact) mass is 315 g/mol. The summed E-state index contributed by atoms with van der Waals surface area (Å²) in [5, 5.41) is 3.32. The van der Waals surface area contributed by atoms with Crippen LogP contribution >= 0.6 is 0 Å². The molecule has 0 fully saturated rings. The molecule has 0 radical (unpaired) electrons. The van der Waals surface area contributed by atoms with Gasteiger partial charge in [-0.25, -0.2) is 8.42 Å². The second kappa shape index (κ2) is 8.24. The molecule has 1 aromatic rings. The third kappa shape index (κ3) is 6.35. The number of ether oxygens (including phenoxy) is 2. The van der Waals surface area contributed by atoms with E-state index in [-0.39, 0.29) is 18.1 Å². The third-order valence-electron chi connectivity index (χ3n) is 3.07. The molecule has 0 aliphatic heterocycles. The molecule has 0 unspecified atom stereocenters. The van der Waals surface area contributed by atoms with Crippen LogP contribution in [-0.2, 0) is 16.4 Å². The molecule has 0 heterocycles. The number of benzene rings is 1. The highest BCUT2D eigenvalue weighted by Crippen LogP contribution is 2.25. The predicted molar refractivity (Wildman–Crippen MR) is 84.8 cm³/mol. The van der Waals surface area contributed by atoms with E-state index in [9.17, 15) is 8.42 Å². The molecule has 0 spiro atoms. The van der Waals surface area contributed by atoms with Crippen molar-refractivity contribution in [1.29, 1.82) is 0 Å². The molecule has 0 aliphatic rings. The molecule has 120 valence electrons. The second-order valence-electron chi connectivity index (χ2n) is 5.09. The first-order chi connectivity index (χ1) is 9.88. The first-order valence-electron chi connectivity index (χ1n) is 7.11. The number of rotatable bonds is 9. The summed E-state index contributed by atoms with van der Waals surface area (Å²) in [7, 11) is -1.43. The molecule has 0 saturated heterocycles. The number of nitrogens with one attached hydrogen (secondary N) is 1. The predicted octanol–water partition coefficient (Wildman–Crippen LogP) is 2.01. The van der Waals surface area contributed by atoms with Crippen LogP contribution in [-0.4, -0.2) is 39.7 Å². The minimum atomic E-state index is -3.02. The Labute approximate surface area is 127 Å². The maximum absolute atomic E-state index is 11.5. The SMILES string of the molecule is CCS(=O)(=O)CCOc1cc(OC)ccc1CNC(C)C. The van der Waals surface area contributed by atoms with Gasteiger partial charge in [-0.05, 0) is 6.07 Å². The molecular formula is C15H25NO4S. The second-order valence-corrected chi connectivity index (χ2v) is 7.57. The molecule has 0 atom stereocenters. The Morgan fingerprint density at radius 1 is 1.29 bits per heavy atom. The molecule has 0 saturated carbocycles. The average molecular weight is 315 g/mol. The minimum absolute atomic E-state index is 0.0256. The van der Waals surface area contributed by atoms with Gasteiger partial charge >= 0.3 is 0 Å². The van der Waals surface area contributed by atoms with Crippen LogP contribution in [0.3, 0.4) is 0 Å². The number of hydrogen-bond acceptors (Lipinski definition) is 5. The van der Waals surface area contributed by atoms with Crippen molar-refractivity contribution < 1.29 is 17.9 Å². The molecule has 1 rings (SSSR count). The van der Waals surface area contributed by atoms with Crippen LogP contribution in [0.2, 0.25) is 0 Å². The highest BCUT2D eigenvalue weighted by Gasteiger charge is 2.10. The standard InChI is InChI=1S/C15H25NO4S/c1-5-21(17,18)9-8-20-15-10-14(19-4)7-6-13(15)11-16-12(2)3/h6-7,10,12,16H,5,8-9,11H2,1-4H3. The molecule has 21 heavy (non-hydrogen) atoms. The highest BCUT2D eigenvalue weighted by atomic mass is 32.2. The van der Waals surface area contributed by atoms with E-state index in [0.717, 1.165) is 5.56 Å². The van der Waals surface area contributed by atoms with Crippen molar-refractivity contribution in [2.45, 2.75) is 33.4 Å². The van der Waals surface area contributed by atoms with E-state index in [0.29, 0.717) is 24.1 Å². The molecule has 0 aliphatic carbocycles. The Morgan fingerprint density at radius 2 is 2.00 bits per heavy atom. The van der Waals surface area contributed by atoms with Crippen molar-refractivity contribution in [2.75, 3.05) is 25.2 Å². The van der Waals surface area contributed by atoms with Crippen LogP contribution in [0, 0.1) is 0 Å². The lowest BCUT2D eigenvalue weighted by molar-refractivity contribution is 0.331. The van der Waals surface area contributed by atoms with Crippen LogP contribution in [0.1, 0.15) is 26.3 Å². The molecular weight excluding hydrogens is 290 g/mol. The van der Waals surface area contributed by atoms with E-state index < -0.39 is 9.84 Å². The summed E-state index contributed by atoms with van der Waals surface area (Å²) in [5.41, 5.74) is 0.985. The van der Waals surface area contributed by atoms with Gasteiger partial charge in [-0.3, -0.25) is 0 Å². The number of sulfone groups is 1. The maximum atomic E-state index is 11.5. The van der Waals surface area contributed by atoms with Crippen molar-refractivity contribution in [2.24, 2.45) is 0 Å². The zero-order chi connectivity index (χ0) is 15.9. The quantitative estimate of drug-likeness (QED) is 0.755. The largest absolute Gasteiger partial charge is 0.497 e. The Kier molecular flexibility index (Phi) is 6.98. The zero-order valence-corrected chi connectivity index (χ0v) is 14.0. The van der Waals surface area contributed by atoms with Crippen LogP contribution in [0.5, 0.6) is 11.5 Å². The summed E-state index contributed by atoms with van der Waals surface area (Å²) in [6, 6.07) is 5.95. The lowest BCUT2D eigenvalue weighted by Gasteiger charge is -2.15. The third-order valence-corrected chi connectivity index (χ3v) is 4.74. The van der Waals surface area contributed by atoms with Gasteiger partial charge in [0.05, 0.1) is 12.9 Å². The van der Waals surface area contributed by atoms with Gasteiger partial charge in [-0.15, -0.1) is 0 Å². The highest BCUT2D eigenvalue weighted by molar-refractivity contribution is 7.91. The van der Waals surface area contributed by atoms with Gasteiger partial charge < -0.3 is 14.8 Å². The summed E-state index contributed by atoms with van der Waals surface area (Å²) in [6.07, 6.45) is 0. The van der Waals surface area contributed by atoms with E-state index in [1.165, 1.54) is 0 Å². The minimum Gasteiger partial charge on any atom is -0.497 e. The molecule has 0 aromatic heterocycles. The Balaban J connectivity index is 2.76. The lowest BCUT2D eigenvalue weighted by Crippen LogP contribution is -2.22. The Bertz CT molecular complexity index is 541. The fourth-order valence-electron chi connectivity index (χ4n) is 1.68. The van der Waals surface area contributed by atoms with Gasteiger partial charge in [-0.2, -0.15) is 0 Å². The zero-order valence-electron chi connectivity index (χ0n) is 13.2. The molecule has 0 bridgehead atoms. The fraction of sp³-hybridized carbons (Fsp3) is 0.600. The van der Waals surface area contributed by atoms with Gasteiger partial charge in [-0.1, -0.05) is 26.8 Å². The maximum Gasteiger partial charge on any atom is 0.153 e. The van der Waals surface area contributed by atoms with Gasteiger partial charge in [0.25, 0.3) is 0 Å². The fourth-order valence-corrected chi connectivity index (χ4v) is 2.31. The van der Waals surface area contributed by atoms with Crippen molar-refractivity contribution in [3.05, 3.63) is 23.8 Å². The lowest BCUT2D eigenvalue weighted by atomic mass is 10.2. The first-order valence-corrected chi connectivity index (χ1v) is 8.93. The molecule has 5 nitrogen and oxygen atoms in total. The number of hydrogen-bond donors (Lipinski definition) is 1. The molecule has 1 aromatic carbocycles. The van der Waals surface area contributed by atoms with Crippen LogP contribution in [0.4, 0.5) is 0 Å². The van der Waals surface area contributed by atoms with Crippen molar-refractivity contribution in [3.8, 4) is 11.5 Å². The average Bonchev–Trinajstić information content (AvgIpc) is 2.45. The molecule has 0 amide bonds. The van der Waals surface area contributed by atoms with E-state index >= 15 is 0 Å². The van der Waals surface area contributed by atoms with E-state index in [4.69, 9.17) is 9.47 Å². The van der Waals surface area contributed by atoms with Gasteiger partial charge in [0.15, 0.2) is 9.84 Å². The van der Waals surface area contributed by atoms with E-state index in [1.54, 1.807) is 20.1 Å². The van der Waals surface area contributed by atoms with Gasteiger partial charge in [0.2, 0.25) is 0 Å². The van der Waals surface area contributed by atoms with E-state index in [2.05, 4.69) is 19.2 Å². The summed E-state index contributed by atoms with van der Waals surface area (Å²) in [4.78, 5) is 0. The molecule has 6 heteroatoms. The van der Waals surface area contributed by atoms with Gasteiger partial charge in [0.1, 0.15) is 18.1 Å². The Morgan fingerprint density at radius 3 is 2.57 bits per heavy atom. The normalized spacial score (nSPS) is 11.7. The van der Waals surface area contributed by atoms with Crippen LogP contribution < -0.4 is 14.8 Å². The Hall–Kier alpha value is -1.27. The van der Waals surface area contributed by atoms with Crippen molar-refractivity contribution >= 4 is 9.84 Å².